The Morgan fingerprint density at radius 3 is 3.00 bits per heavy atom. The summed E-state index contributed by atoms with van der Waals surface area (Å²) in [5.41, 5.74) is 0. The van der Waals surface area contributed by atoms with Gasteiger partial charge in [-0.1, -0.05) is 6.42 Å². The highest BCUT2D eigenvalue weighted by Gasteiger charge is 2.20. The van der Waals surface area contributed by atoms with Crippen LogP contribution in [0.1, 0.15) is 19.3 Å². The SMILES string of the molecule is O=C(NCCOCCO)C1CCCCS1. The summed E-state index contributed by atoms with van der Waals surface area (Å²) in [6, 6.07) is 0. The minimum absolute atomic E-state index is 0.0342. The Balaban J connectivity index is 2.02. The molecular weight excluding hydrogens is 214 g/mol. The van der Waals surface area contributed by atoms with E-state index >= 15 is 0 Å². The molecule has 0 radical (unpaired) electrons. The van der Waals surface area contributed by atoms with Crippen LogP contribution in [0.2, 0.25) is 0 Å². The Labute approximate surface area is 94.8 Å². The molecule has 1 unspecified atom stereocenters. The monoisotopic (exact) mass is 233 g/mol. The number of thioether (sulfide) groups is 1. The van der Waals surface area contributed by atoms with E-state index in [1.165, 1.54) is 6.42 Å². The number of carbonyl (C=O) groups is 1. The number of ether oxygens (including phenoxy) is 1. The van der Waals surface area contributed by atoms with E-state index in [1.54, 1.807) is 11.8 Å². The summed E-state index contributed by atoms with van der Waals surface area (Å²) < 4.78 is 5.05. The average Bonchev–Trinajstić information content (AvgIpc) is 2.30. The number of aliphatic hydroxyl groups excluding tert-OH is 1. The third kappa shape index (κ3) is 5.39. The van der Waals surface area contributed by atoms with E-state index < -0.39 is 0 Å². The van der Waals surface area contributed by atoms with E-state index in [1.807, 2.05) is 0 Å². The first kappa shape index (κ1) is 12.8. The molecule has 1 aliphatic rings. The maximum absolute atomic E-state index is 11.6. The van der Waals surface area contributed by atoms with Crippen molar-refractivity contribution in [3.8, 4) is 0 Å². The van der Waals surface area contributed by atoms with Gasteiger partial charge in [0.15, 0.2) is 0 Å². The molecule has 1 aliphatic heterocycles. The Morgan fingerprint density at radius 1 is 1.47 bits per heavy atom. The second-order valence-corrected chi connectivity index (χ2v) is 4.79. The first-order chi connectivity index (χ1) is 7.34. The number of carbonyl (C=O) groups excluding carboxylic acids is 1. The number of nitrogens with one attached hydrogen (secondary N) is 1. The van der Waals surface area contributed by atoms with Crippen molar-refractivity contribution in [1.82, 2.24) is 5.32 Å². The zero-order valence-electron chi connectivity index (χ0n) is 8.91. The molecule has 1 fully saturated rings. The number of rotatable bonds is 6. The largest absolute Gasteiger partial charge is 0.394 e. The Bertz CT molecular complexity index is 184. The third-order valence-electron chi connectivity index (χ3n) is 2.25. The standard InChI is InChI=1S/C10H19NO3S/c12-5-7-14-6-4-11-10(13)9-3-1-2-8-15-9/h9,12H,1-8H2,(H,11,13). The summed E-state index contributed by atoms with van der Waals surface area (Å²) in [6.45, 7) is 1.39. The predicted octanol–water partition coefficient (Wildman–Crippen LogP) is 0.397. The highest BCUT2D eigenvalue weighted by atomic mass is 32.2. The van der Waals surface area contributed by atoms with Crippen LogP contribution in [0.4, 0.5) is 0 Å². The molecule has 0 aromatic rings. The van der Waals surface area contributed by atoms with Gasteiger partial charge in [-0.2, -0.15) is 0 Å². The van der Waals surface area contributed by atoms with Crippen molar-refractivity contribution in [3.05, 3.63) is 0 Å². The van der Waals surface area contributed by atoms with Crippen molar-refractivity contribution in [1.29, 1.82) is 0 Å². The normalized spacial score (nSPS) is 21.3. The van der Waals surface area contributed by atoms with Gasteiger partial charge in [0.2, 0.25) is 5.91 Å². The lowest BCUT2D eigenvalue weighted by Crippen LogP contribution is -2.36. The van der Waals surface area contributed by atoms with E-state index in [0.29, 0.717) is 19.8 Å². The molecule has 1 saturated heterocycles. The minimum Gasteiger partial charge on any atom is -0.394 e. The fourth-order valence-corrected chi connectivity index (χ4v) is 2.70. The third-order valence-corrected chi connectivity index (χ3v) is 3.63. The summed E-state index contributed by atoms with van der Waals surface area (Å²) in [5, 5.41) is 11.4. The zero-order chi connectivity index (χ0) is 10.9. The van der Waals surface area contributed by atoms with Crippen molar-refractivity contribution in [3.63, 3.8) is 0 Å². The molecule has 0 bridgehead atoms. The van der Waals surface area contributed by atoms with Crippen LogP contribution in [0.5, 0.6) is 0 Å². The van der Waals surface area contributed by atoms with E-state index in [-0.39, 0.29) is 17.8 Å². The molecule has 2 N–H and O–H groups in total. The number of amides is 1. The van der Waals surface area contributed by atoms with Gasteiger partial charge in [0.1, 0.15) is 0 Å². The van der Waals surface area contributed by atoms with Crippen molar-refractivity contribution in [2.45, 2.75) is 24.5 Å². The van der Waals surface area contributed by atoms with Gasteiger partial charge in [0, 0.05) is 6.54 Å². The quantitative estimate of drug-likeness (QED) is 0.652. The predicted molar refractivity (Wildman–Crippen MR) is 61.0 cm³/mol. The van der Waals surface area contributed by atoms with E-state index in [2.05, 4.69) is 5.32 Å². The van der Waals surface area contributed by atoms with Gasteiger partial charge in [0.25, 0.3) is 0 Å². The van der Waals surface area contributed by atoms with E-state index in [4.69, 9.17) is 9.84 Å². The maximum Gasteiger partial charge on any atom is 0.233 e. The number of hydrogen-bond acceptors (Lipinski definition) is 4. The summed E-state index contributed by atoms with van der Waals surface area (Å²) >= 11 is 1.75. The van der Waals surface area contributed by atoms with Crippen molar-refractivity contribution in [2.75, 3.05) is 32.1 Å². The average molecular weight is 233 g/mol. The van der Waals surface area contributed by atoms with Gasteiger partial charge >= 0.3 is 0 Å². The van der Waals surface area contributed by atoms with E-state index in [0.717, 1.165) is 18.6 Å². The zero-order valence-corrected chi connectivity index (χ0v) is 9.72. The minimum atomic E-state index is 0.0342. The summed E-state index contributed by atoms with van der Waals surface area (Å²) in [4.78, 5) is 11.6. The molecule has 0 spiro atoms. The molecule has 1 amide bonds. The highest BCUT2D eigenvalue weighted by Crippen LogP contribution is 2.24. The van der Waals surface area contributed by atoms with Crippen molar-refractivity contribution in [2.24, 2.45) is 0 Å². The van der Waals surface area contributed by atoms with Gasteiger partial charge in [-0.25, -0.2) is 0 Å². The van der Waals surface area contributed by atoms with Crippen molar-refractivity contribution >= 4 is 17.7 Å². The smallest absolute Gasteiger partial charge is 0.233 e. The maximum atomic E-state index is 11.6. The van der Waals surface area contributed by atoms with Crippen LogP contribution in [0.25, 0.3) is 0 Å². The molecule has 0 aliphatic carbocycles. The molecule has 1 rings (SSSR count). The Morgan fingerprint density at radius 2 is 2.33 bits per heavy atom. The van der Waals surface area contributed by atoms with Gasteiger partial charge in [-0.3, -0.25) is 4.79 Å². The number of hydrogen-bond donors (Lipinski definition) is 2. The second kappa shape index (κ2) is 7.96. The Kier molecular flexibility index (Phi) is 6.80. The molecule has 4 nitrogen and oxygen atoms in total. The highest BCUT2D eigenvalue weighted by molar-refractivity contribution is 8.00. The lowest BCUT2D eigenvalue weighted by molar-refractivity contribution is -0.121. The van der Waals surface area contributed by atoms with Gasteiger partial charge in [-0.05, 0) is 18.6 Å². The van der Waals surface area contributed by atoms with Gasteiger partial charge in [-0.15, -0.1) is 11.8 Å². The van der Waals surface area contributed by atoms with Crippen LogP contribution in [-0.2, 0) is 9.53 Å². The molecule has 1 atom stereocenters. The topological polar surface area (TPSA) is 58.6 Å². The fourth-order valence-electron chi connectivity index (χ4n) is 1.47. The lowest BCUT2D eigenvalue weighted by Gasteiger charge is -2.20. The molecule has 15 heavy (non-hydrogen) atoms. The van der Waals surface area contributed by atoms with Crippen LogP contribution in [-0.4, -0.2) is 48.4 Å². The van der Waals surface area contributed by atoms with Crippen LogP contribution in [0, 0.1) is 0 Å². The lowest BCUT2D eigenvalue weighted by atomic mass is 10.2. The van der Waals surface area contributed by atoms with Gasteiger partial charge < -0.3 is 15.2 Å². The number of aliphatic hydroxyl groups is 1. The summed E-state index contributed by atoms with van der Waals surface area (Å²) in [7, 11) is 0. The van der Waals surface area contributed by atoms with Crippen LogP contribution in [0.15, 0.2) is 0 Å². The molecular formula is C10H19NO3S. The first-order valence-electron chi connectivity index (χ1n) is 5.42. The molecule has 88 valence electrons. The van der Waals surface area contributed by atoms with Crippen LogP contribution in [0.3, 0.4) is 0 Å². The summed E-state index contributed by atoms with van der Waals surface area (Å²) in [5.74, 6) is 1.23. The van der Waals surface area contributed by atoms with Crippen molar-refractivity contribution < 1.29 is 14.6 Å². The van der Waals surface area contributed by atoms with Gasteiger partial charge in [0.05, 0.1) is 25.1 Å². The summed E-state index contributed by atoms with van der Waals surface area (Å²) in [6.07, 6.45) is 3.38. The Hall–Kier alpha value is -0.260. The molecule has 5 heteroatoms. The van der Waals surface area contributed by atoms with E-state index in [9.17, 15) is 4.79 Å². The molecule has 0 aromatic heterocycles. The fraction of sp³-hybridized carbons (Fsp3) is 0.900. The van der Waals surface area contributed by atoms with Crippen LogP contribution < -0.4 is 5.32 Å². The van der Waals surface area contributed by atoms with Crippen LogP contribution >= 0.6 is 11.8 Å². The molecule has 0 saturated carbocycles. The first-order valence-corrected chi connectivity index (χ1v) is 6.47. The molecule has 1 heterocycles. The second-order valence-electron chi connectivity index (χ2n) is 3.48. The molecule has 0 aromatic carbocycles.